The van der Waals surface area contributed by atoms with E-state index in [0.717, 1.165) is 4.47 Å². The predicted octanol–water partition coefficient (Wildman–Crippen LogP) is 4.75. The maximum atomic E-state index is 12.3. The van der Waals surface area contributed by atoms with E-state index in [2.05, 4.69) is 37.2 Å². The lowest BCUT2D eigenvalue weighted by Crippen LogP contribution is -2.15. The monoisotopic (exact) mass is 446 g/mol. The van der Waals surface area contributed by atoms with Crippen molar-refractivity contribution < 1.29 is 4.79 Å². The summed E-state index contributed by atoms with van der Waals surface area (Å²) in [7, 11) is 0. The Balaban J connectivity index is 2.33. The van der Waals surface area contributed by atoms with Crippen LogP contribution in [0.3, 0.4) is 0 Å². The van der Waals surface area contributed by atoms with E-state index in [1.807, 2.05) is 6.07 Å². The molecule has 21 heavy (non-hydrogen) atoms. The van der Waals surface area contributed by atoms with Gasteiger partial charge in [-0.3, -0.25) is 4.79 Å². The molecular weight excluding hydrogens is 439 g/mol. The second-order valence-electron chi connectivity index (χ2n) is 4.14. The number of anilines is 1. The van der Waals surface area contributed by atoms with Crippen LogP contribution in [-0.2, 0) is 0 Å². The van der Waals surface area contributed by atoms with Gasteiger partial charge >= 0.3 is 0 Å². The van der Waals surface area contributed by atoms with Crippen LogP contribution in [0, 0.1) is 0 Å². The molecule has 0 radical (unpaired) electrons. The van der Waals surface area contributed by atoms with Gasteiger partial charge in [-0.25, -0.2) is 0 Å². The Morgan fingerprint density at radius 2 is 1.90 bits per heavy atom. The van der Waals surface area contributed by atoms with Crippen molar-refractivity contribution in [1.82, 2.24) is 0 Å². The van der Waals surface area contributed by atoms with Gasteiger partial charge in [0, 0.05) is 14.5 Å². The van der Waals surface area contributed by atoms with E-state index in [1.165, 1.54) is 0 Å². The fourth-order valence-corrected chi connectivity index (χ4v) is 2.72. The van der Waals surface area contributed by atoms with Crippen molar-refractivity contribution in [1.29, 1.82) is 0 Å². The predicted molar refractivity (Wildman–Crippen MR) is 97.1 cm³/mol. The molecule has 0 atom stereocenters. The average Bonchev–Trinajstić information content (AvgIpc) is 2.43. The molecule has 0 bridgehead atoms. The lowest BCUT2D eigenvalue weighted by Gasteiger charge is -2.10. The smallest absolute Gasteiger partial charge is 0.256 e. The number of nitrogens with two attached hydrogens (primary N) is 1. The zero-order valence-corrected chi connectivity index (χ0v) is 15.2. The van der Waals surface area contributed by atoms with Crippen LogP contribution >= 0.6 is 55.7 Å². The van der Waals surface area contributed by atoms with Crippen LogP contribution < -0.4 is 11.1 Å². The topological polar surface area (TPSA) is 55.1 Å². The molecule has 0 aliphatic rings. The van der Waals surface area contributed by atoms with Crippen LogP contribution in [0.2, 0.25) is 5.02 Å². The summed E-state index contributed by atoms with van der Waals surface area (Å²) in [5.74, 6) is -0.287. The zero-order valence-electron chi connectivity index (χ0n) is 10.5. The third kappa shape index (κ3) is 4.03. The number of hydrogen-bond donors (Lipinski definition) is 2. The van der Waals surface area contributed by atoms with Gasteiger partial charge in [-0.05, 0) is 46.3 Å². The van der Waals surface area contributed by atoms with E-state index >= 15 is 0 Å². The summed E-state index contributed by atoms with van der Waals surface area (Å²) in [6.07, 6.45) is 0. The van der Waals surface area contributed by atoms with Gasteiger partial charge in [0.2, 0.25) is 0 Å². The van der Waals surface area contributed by atoms with Crippen molar-refractivity contribution in [2.45, 2.75) is 0 Å². The van der Waals surface area contributed by atoms with Gasteiger partial charge in [0.1, 0.15) is 4.99 Å². The molecule has 2 aromatic rings. The molecule has 0 aliphatic carbocycles. The molecule has 2 rings (SSSR count). The minimum atomic E-state index is -0.287. The second-order valence-corrected chi connectivity index (χ2v) is 6.75. The maximum Gasteiger partial charge on any atom is 0.256 e. The number of amides is 1. The van der Waals surface area contributed by atoms with Crippen LogP contribution in [-0.4, -0.2) is 10.9 Å². The fraction of sp³-hybridized carbons (Fsp3) is 0. The van der Waals surface area contributed by atoms with Crippen LogP contribution in [0.15, 0.2) is 45.3 Å². The summed E-state index contributed by atoms with van der Waals surface area (Å²) in [4.78, 5) is 12.6. The quantitative estimate of drug-likeness (QED) is 0.666. The lowest BCUT2D eigenvalue weighted by atomic mass is 10.1. The number of benzene rings is 2. The normalized spacial score (nSPS) is 10.2. The Bertz CT molecular complexity index is 737. The van der Waals surface area contributed by atoms with E-state index in [9.17, 15) is 4.79 Å². The number of nitrogens with one attached hydrogen (secondary N) is 1. The largest absolute Gasteiger partial charge is 0.389 e. The number of halogens is 3. The highest BCUT2D eigenvalue weighted by molar-refractivity contribution is 9.11. The summed E-state index contributed by atoms with van der Waals surface area (Å²) >= 11 is 17.7. The standard InChI is InChI=1S/C14H9Br2ClN2OS/c15-8-2-3-10(16)9(6-8)14(20)19-12-5-7(13(18)21)1-4-11(12)17/h1-6H,(H2,18,21)(H,19,20). The maximum absolute atomic E-state index is 12.3. The van der Waals surface area contributed by atoms with Crippen molar-refractivity contribution in [2.75, 3.05) is 5.32 Å². The summed E-state index contributed by atoms with van der Waals surface area (Å²) < 4.78 is 1.49. The van der Waals surface area contributed by atoms with E-state index in [4.69, 9.17) is 29.6 Å². The molecule has 1 amide bonds. The third-order valence-corrected chi connectivity index (χ3v) is 4.42. The third-order valence-electron chi connectivity index (χ3n) is 2.67. The zero-order chi connectivity index (χ0) is 15.6. The highest BCUT2D eigenvalue weighted by Gasteiger charge is 2.13. The van der Waals surface area contributed by atoms with Crippen molar-refractivity contribution >= 4 is 72.3 Å². The minimum absolute atomic E-state index is 0.241. The molecule has 108 valence electrons. The molecular formula is C14H9Br2ClN2OS. The molecule has 0 unspecified atom stereocenters. The number of rotatable bonds is 3. The molecule has 0 spiro atoms. The van der Waals surface area contributed by atoms with Gasteiger partial charge in [0.15, 0.2) is 0 Å². The van der Waals surface area contributed by atoms with Gasteiger partial charge in [0.25, 0.3) is 5.91 Å². The molecule has 0 fully saturated rings. The number of carbonyl (C=O) groups excluding carboxylic acids is 1. The highest BCUT2D eigenvalue weighted by atomic mass is 79.9. The van der Waals surface area contributed by atoms with Gasteiger partial charge in [-0.15, -0.1) is 0 Å². The van der Waals surface area contributed by atoms with E-state index in [0.29, 0.717) is 26.3 Å². The summed E-state index contributed by atoms with van der Waals surface area (Å²) in [6, 6.07) is 10.3. The Labute approximate surface area is 149 Å². The molecule has 0 heterocycles. The van der Waals surface area contributed by atoms with Gasteiger partial charge in [0.05, 0.1) is 16.3 Å². The minimum Gasteiger partial charge on any atom is -0.389 e. The van der Waals surface area contributed by atoms with E-state index < -0.39 is 0 Å². The molecule has 0 aliphatic heterocycles. The molecule has 2 aromatic carbocycles. The van der Waals surface area contributed by atoms with Crippen molar-refractivity contribution in [3.8, 4) is 0 Å². The second kappa shape index (κ2) is 6.87. The van der Waals surface area contributed by atoms with Crippen molar-refractivity contribution in [2.24, 2.45) is 5.73 Å². The highest BCUT2D eigenvalue weighted by Crippen LogP contribution is 2.26. The molecule has 7 heteroatoms. The van der Waals surface area contributed by atoms with E-state index in [-0.39, 0.29) is 10.9 Å². The van der Waals surface area contributed by atoms with E-state index in [1.54, 1.807) is 30.3 Å². The Morgan fingerprint density at radius 3 is 2.57 bits per heavy atom. The molecule has 0 aromatic heterocycles. The molecule has 0 saturated carbocycles. The Morgan fingerprint density at radius 1 is 1.19 bits per heavy atom. The first-order valence-electron chi connectivity index (χ1n) is 5.74. The Kier molecular flexibility index (Phi) is 5.37. The summed E-state index contributed by atoms with van der Waals surface area (Å²) in [5.41, 5.74) is 7.16. The van der Waals surface area contributed by atoms with Crippen LogP contribution in [0.4, 0.5) is 5.69 Å². The van der Waals surface area contributed by atoms with Gasteiger partial charge < -0.3 is 11.1 Å². The molecule has 0 saturated heterocycles. The Hall–Kier alpha value is -0.950. The van der Waals surface area contributed by atoms with Gasteiger partial charge in [-0.2, -0.15) is 0 Å². The first-order valence-corrected chi connectivity index (χ1v) is 8.11. The van der Waals surface area contributed by atoms with Gasteiger partial charge in [-0.1, -0.05) is 45.8 Å². The lowest BCUT2D eigenvalue weighted by molar-refractivity contribution is 0.102. The van der Waals surface area contributed by atoms with Crippen LogP contribution in [0.1, 0.15) is 15.9 Å². The van der Waals surface area contributed by atoms with Crippen molar-refractivity contribution in [3.63, 3.8) is 0 Å². The number of carbonyl (C=O) groups is 1. The SMILES string of the molecule is NC(=S)c1ccc(Cl)c(NC(=O)c2cc(Br)ccc2Br)c1. The van der Waals surface area contributed by atoms with Crippen molar-refractivity contribution in [3.05, 3.63) is 61.5 Å². The fourth-order valence-electron chi connectivity index (χ4n) is 1.64. The first kappa shape index (κ1) is 16.4. The molecule has 3 nitrogen and oxygen atoms in total. The first-order chi connectivity index (χ1) is 9.88. The number of thiocarbonyl (C=S) groups is 1. The van der Waals surface area contributed by atoms with Crippen LogP contribution in [0.25, 0.3) is 0 Å². The molecule has 3 N–H and O–H groups in total. The average molecular weight is 449 g/mol. The van der Waals surface area contributed by atoms with Crippen LogP contribution in [0.5, 0.6) is 0 Å². The summed E-state index contributed by atoms with van der Waals surface area (Å²) in [6.45, 7) is 0. The summed E-state index contributed by atoms with van der Waals surface area (Å²) in [5, 5.41) is 3.16. The number of hydrogen-bond acceptors (Lipinski definition) is 2.